The highest BCUT2D eigenvalue weighted by Gasteiger charge is 2.32. The van der Waals surface area contributed by atoms with E-state index in [0.29, 0.717) is 12.0 Å². The number of carbonyl (C=O) groups is 2. The first-order chi connectivity index (χ1) is 9.60. The van der Waals surface area contributed by atoms with Gasteiger partial charge in [-0.1, -0.05) is 18.2 Å². The number of ether oxygens (including phenoxy) is 1. The predicted molar refractivity (Wildman–Crippen MR) is 75.8 cm³/mol. The third-order valence-corrected chi connectivity index (χ3v) is 3.85. The maximum Gasteiger partial charge on any atom is 0.218 e. The minimum atomic E-state index is -0.432. The Morgan fingerprint density at radius 2 is 2.10 bits per heavy atom. The van der Waals surface area contributed by atoms with Gasteiger partial charge in [-0.25, -0.2) is 0 Å². The molecule has 1 aliphatic rings. The fourth-order valence-corrected chi connectivity index (χ4v) is 2.90. The molecule has 1 atom stereocenters. The van der Waals surface area contributed by atoms with Gasteiger partial charge in [0.25, 0.3) is 0 Å². The molecule has 102 valence electrons. The van der Waals surface area contributed by atoms with Crippen LogP contribution in [0, 0.1) is 5.92 Å². The highest BCUT2D eigenvalue weighted by atomic mass is 16.5. The van der Waals surface area contributed by atoms with E-state index in [9.17, 15) is 9.59 Å². The molecule has 0 saturated heterocycles. The van der Waals surface area contributed by atoms with Crippen LogP contribution in [0.15, 0.2) is 30.3 Å². The molecule has 3 rings (SSSR count). The van der Waals surface area contributed by atoms with E-state index in [-0.39, 0.29) is 18.1 Å². The molecule has 2 N–H and O–H groups in total. The number of ketones is 1. The van der Waals surface area contributed by atoms with Gasteiger partial charge < -0.3 is 10.5 Å². The number of amides is 1. The van der Waals surface area contributed by atoms with Gasteiger partial charge in [-0.3, -0.25) is 9.59 Å². The largest absolute Gasteiger partial charge is 0.497 e. The van der Waals surface area contributed by atoms with Crippen molar-refractivity contribution in [2.24, 2.45) is 11.7 Å². The van der Waals surface area contributed by atoms with Gasteiger partial charge in [0.2, 0.25) is 5.91 Å². The van der Waals surface area contributed by atoms with Crippen molar-refractivity contribution in [3.63, 3.8) is 0 Å². The van der Waals surface area contributed by atoms with Crippen LogP contribution in [0.4, 0.5) is 0 Å². The number of hydrogen-bond acceptors (Lipinski definition) is 3. The van der Waals surface area contributed by atoms with E-state index >= 15 is 0 Å². The molecule has 2 aromatic carbocycles. The van der Waals surface area contributed by atoms with Crippen LogP contribution < -0.4 is 10.5 Å². The summed E-state index contributed by atoms with van der Waals surface area (Å²) in [4.78, 5) is 23.6. The molecule has 0 bridgehead atoms. The van der Waals surface area contributed by atoms with Crippen molar-refractivity contribution >= 4 is 22.5 Å². The average Bonchev–Trinajstić information content (AvgIpc) is 2.74. The zero-order valence-corrected chi connectivity index (χ0v) is 11.2. The molecule has 0 aromatic heterocycles. The molecule has 0 unspecified atom stereocenters. The van der Waals surface area contributed by atoms with Crippen molar-refractivity contribution in [2.75, 3.05) is 7.11 Å². The van der Waals surface area contributed by atoms with E-state index in [1.807, 2.05) is 30.3 Å². The Morgan fingerprint density at radius 1 is 1.35 bits per heavy atom. The highest BCUT2D eigenvalue weighted by molar-refractivity contribution is 6.13. The molecular weight excluding hydrogens is 254 g/mol. The van der Waals surface area contributed by atoms with Crippen molar-refractivity contribution < 1.29 is 14.3 Å². The zero-order valence-electron chi connectivity index (χ0n) is 11.2. The van der Waals surface area contributed by atoms with E-state index in [1.165, 1.54) is 0 Å². The molecule has 1 amide bonds. The Labute approximate surface area is 116 Å². The Morgan fingerprint density at radius 3 is 2.80 bits per heavy atom. The van der Waals surface area contributed by atoms with Gasteiger partial charge >= 0.3 is 0 Å². The van der Waals surface area contributed by atoms with Crippen LogP contribution in [-0.2, 0) is 11.2 Å². The summed E-state index contributed by atoms with van der Waals surface area (Å²) in [5, 5.41) is 1.89. The first kappa shape index (κ1) is 12.7. The van der Waals surface area contributed by atoms with Crippen LogP contribution >= 0.6 is 0 Å². The van der Waals surface area contributed by atoms with Gasteiger partial charge in [0.05, 0.1) is 7.11 Å². The molecule has 2 aromatic rings. The third-order valence-electron chi connectivity index (χ3n) is 3.85. The topological polar surface area (TPSA) is 69.4 Å². The molecule has 0 radical (unpaired) electrons. The van der Waals surface area contributed by atoms with Crippen LogP contribution in [0.5, 0.6) is 5.75 Å². The van der Waals surface area contributed by atoms with Crippen LogP contribution in [0.25, 0.3) is 10.8 Å². The lowest BCUT2D eigenvalue weighted by molar-refractivity contribution is -0.118. The van der Waals surface area contributed by atoms with Crippen molar-refractivity contribution in [1.29, 1.82) is 0 Å². The first-order valence-electron chi connectivity index (χ1n) is 6.52. The Hall–Kier alpha value is -2.36. The number of fused-ring (bicyclic) bond motifs is 3. The van der Waals surface area contributed by atoms with Gasteiger partial charge in [-0.2, -0.15) is 0 Å². The molecule has 4 nitrogen and oxygen atoms in total. The molecule has 0 aliphatic heterocycles. The molecule has 1 aliphatic carbocycles. The lowest BCUT2D eigenvalue weighted by Gasteiger charge is -2.07. The van der Waals surface area contributed by atoms with Gasteiger partial charge in [-0.05, 0) is 34.9 Å². The Balaban J connectivity index is 2.13. The molecule has 0 heterocycles. The normalized spacial score (nSPS) is 17.2. The second-order valence-electron chi connectivity index (χ2n) is 5.12. The quantitative estimate of drug-likeness (QED) is 0.927. The number of nitrogens with two attached hydrogens (primary N) is 1. The molecule has 0 spiro atoms. The number of methoxy groups -OCH3 is 1. The molecule has 0 fully saturated rings. The fraction of sp³-hybridized carbons (Fsp3) is 0.250. The summed E-state index contributed by atoms with van der Waals surface area (Å²) in [6.07, 6.45) is 0.698. The van der Waals surface area contributed by atoms with Gasteiger partial charge in [-0.15, -0.1) is 0 Å². The summed E-state index contributed by atoms with van der Waals surface area (Å²) in [6.45, 7) is 0. The third kappa shape index (κ3) is 1.93. The molecule has 20 heavy (non-hydrogen) atoms. The second-order valence-corrected chi connectivity index (χ2v) is 5.12. The first-order valence-corrected chi connectivity index (χ1v) is 6.52. The fourth-order valence-electron chi connectivity index (χ4n) is 2.90. The van der Waals surface area contributed by atoms with Gasteiger partial charge in [0.1, 0.15) is 5.75 Å². The van der Waals surface area contributed by atoms with E-state index in [2.05, 4.69) is 0 Å². The molecule has 4 heteroatoms. The lowest BCUT2D eigenvalue weighted by Crippen LogP contribution is -2.20. The van der Waals surface area contributed by atoms with Crippen LogP contribution in [0.1, 0.15) is 22.3 Å². The number of carbonyl (C=O) groups excluding carboxylic acids is 2. The average molecular weight is 269 g/mol. The summed E-state index contributed by atoms with van der Waals surface area (Å²) in [5.74, 6) is -0.0213. The zero-order chi connectivity index (χ0) is 14.3. The maximum atomic E-state index is 12.5. The number of primary amides is 1. The number of Topliss-reactive ketones (excluding diaryl/α,β-unsaturated/α-hetero) is 1. The Bertz CT molecular complexity index is 721. The van der Waals surface area contributed by atoms with Crippen LogP contribution in [-0.4, -0.2) is 18.8 Å². The summed E-state index contributed by atoms with van der Waals surface area (Å²) >= 11 is 0. The van der Waals surface area contributed by atoms with Crippen LogP contribution in [0.2, 0.25) is 0 Å². The number of rotatable bonds is 3. The smallest absolute Gasteiger partial charge is 0.218 e. The van der Waals surface area contributed by atoms with E-state index < -0.39 is 5.91 Å². The Kier molecular flexibility index (Phi) is 2.93. The second kappa shape index (κ2) is 4.63. The van der Waals surface area contributed by atoms with Crippen molar-refractivity contribution in [2.45, 2.75) is 12.8 Å². The van der Waals surface area contributed by atoms with E-state index in [0.717, 1.165) is 22.1 Å². The van der Waals surface area contributed by atoms with Gasteiger partial charge in [0.15, 0.2) is 5.78 Å². The van der Waals surface area contributed by atoms with Crippen molar-refractivity contribution in [3.05, 3.63) is 41.5 Å². The summed E-state index contributed by atoms with van der Waals surface area (Å²) < 4.78 is 5.22. The molecule has 0 saturated carbocycles. The van der Waals surface area contributed by atoms with Crippen LogP contribution in [0.3, 0.4) is 0 Å². The summed E-state index contributed by atoms with van der Waals surface area (Å²) in [6, 6.07) is 9.63. The van der Waals surface area contributed by atoms with E-state index in [1.54, 1.807) is 7.11 Å². The van der Waals surface area contributed by atoms with E-state index in [4.69, 9.17) is 10.5 Å². The predicted octanol–water partition coefficient (Wildman–Crippen LogP) is 2.08. The van der Waals surface area contributed by atoms with Crippen molar-refractivity contribution in [1.82, 2.24) is 0 Å². The lowest BCUT2D eigenvalue weighted by atomic mass is 9.98. The standard InChI is InChI=1S/C16H15NO3/c1-20-12-5-4-9-2-3-10-6-11(7-14(17)18)16(19)15(10)13(9)8-12/h2-5,8,11H,6-7H2,1H3,(H2,17,18)/t11-/m0/s1. The summed E-state index contributed by atoms with van der Waals surface area (Å²) in [5.41, 5.74) is 6.92. The monoisotopic (exact) mass is 269 g/mol. The minimum Gasteiger partial charge on any atom is -0.497 e. The highest BCUT2D eigenvalue weighted by Crippen LogP contribution is 2.35. The minimum absolute atomic E-state index is 0.0117. The number of benzene rings is 2. The SMILES string of the molecule is COc1ccc2ccc3c(c2c1)C(=O)[C@H](CC(N)=O)C3. The van der Waals surface area contributed by atoms with Gasteiger partial charge in [0, 0.05) is 17.9 Å². The summed E-state index contributed by atoms with van der Waals surface area (Å²) in [7, 11) is 1.60. The molecular formula is C16H15NO3. The van der Waals surface area contributed by atoms with Crippen molar-refractivity contribution in [3.8, 4) is 5.75 Å². The maximum absolute atomic E-state index is 12.5. The number of hydrogen-bond donors (Lipinski definition) is 1.